The maximum absolute atomic E-state index is 12.6. The van der Waals surface area contributed by atoms with Gasteiger partial charge in [0.2, 0.25) is 0 Å². The third-order valence-electron chi connectivity index (χ3n) is 4.06. The predicted octanol–water partition coefficient (Wildman–Crippen LogP) is 4.44. The largest absolute Gasteiger partial charge is 0.449 e. The molecule has 3 rings (SSSR count). The van der Waals surface area contributed by atoms with E-state index < -0.39 is 6.09 Å². The summed E-state index contributed by atoms with van der Waals surface area (Å²) in [5, 5.41) is 0. The fraction of sp³-hybridized carbons (Fsp3) is 0.200. The van der Waals surface area contributed by atoms with E-state index in [2.05, 4.69) is 0 Å². The van der Waals surface area contributed by atoms with Crippen LogP contribution in [0, 0.1) is 0 Å². The molecule has 0 radical (unpaired) electrons. The summed E-state index contributed by atoms with van der Waals surface area (Å²) in [7, 11) is 0. The van der Waals surface area contributed by atoms with Crippen LogP contribution in [-0.2, 0) is 4.74 Å². The van der Waals surface area contributed by atoms with Gasteiger partial charge in [0.15, 0.2) is 5.78 Å². The molecule has 122 valence electrons. The van der Waals surface area contributed by atoms with Crippen molar-refractivity contribution in [3.8, 4) is 0 Å². The zero-order chi connectivity index (χ0) is 16.9. The van der Waals surface area contributed by atoms with E-state index in [-0.39, 0.29) is 18.2 Å². The zero-order valence-electron chi connectivity index (χ0n) is 13.5. The van der Waals surface area contributed by atoms with Crippen molar-refractivity contribution in [1.82, 2.24) is 4.90 Å². The number of ether oxygens (including phenoxy) is 1. The summed E-state index contributed by atoms with van der Waals surface area (Å²) >= 11 is 0. The average molecular weight is 321 g/mol. The molecule has 0 bridgehead atoms. The van der Waals surface area contributed by atoms with Gasteiger partial charge in [0.1, 0.15) is 0 Å². The van der Waals surface area contributed by atoms with Crippen LogP contribution in [0.2, 0.25) is 0 Å². The summed E-state index contributed by atoms with van der Waals surface area (Å²) in [6, 6.07) is 16.6. The number of carbonyl (C=O) groups is 2. The molecule has 0 saturated carbocycles. The van der Waals surface area contributed by atoms with E-state index in [1.807, 2.05) is 48.5 Å². The van der Waals surface area contributed by atoms with Crippen molar-refractivity contribution in [1.29, 1.82) is 0 Å². The number of fused-ring (bicyclic) bond motifs is 1. The highest BCUT2D eigenvalue weighted by Crippen LogP contribution is 2.34. The Morgan fingerprint density at radius 2 is 1.75 bits per heavy atom. The highest BCUT2D eigenvalue weighted by atomic mass is 16.6. The monoisotopic (exact) mass is 321 g/mol. The number of benzene rings is 2. The van der Waals surface area contributed by atoms with Gasteiger partial charge in [0, 0.05) is 18.2 Å². The van der Waals surface area contributed by atoms with Crippen molar-refractivity contribution in [2.45, 2.75) is 19.4 Å². The number of rotatable bonds is 4. The molecule has 1 amide bonds. The second-order valence-corrected chi connectivity index (χ2v) is 5.56. The first-order chi connectivity index (χ1) is 11.7. The van der Waals surface area contributed by atoms with Gasteiger partial charge in [-0.1, -0.05) is 54.6 Å². The van der Waals surface area contributed by atoms with Crippen LogP contribution in [0.1, 0.15) is 40.9 Å². The molecule has 0 saturated heterocycles. The van der Waals surface area contributed by atoms with Crippen molar-refractivity contribution in [2.24, 2.45) is 0 Å². The standard InChI is InChI=1S/C20H19NO3/c1-2-24-20(23)21-13-12-15-8-6-7-11-17(15)18(21)14-19(22)16-9-4-3-5-10-16/h3-13,18H,2,14H2,1H3. The Morgan fingerprint density at radius 1 is 1.04 bits per heavy atom. The van der Waals surface area contributed by atoms with E-state index in [1.165, 1.54) is 4.90 Å². The van der Waals surface area contributed by atoms with E-state index in [1.54, 1.807) is 25.3 Å². The molecule has 0 spiro atoms. The summed E-state index contributed by atoms with van der Waals surface area (Å²) in [4.78, 5) is 26.4. The molecule has 4 nitrogen and oxygen atoms in total. The molecule has 1 aliphatic rings. The van der Waals surface area contributed by atoms with E-state index >= 15 is 0 Å². The number of Topliss-reactive ketones (excluding diaryl/α,β-unsaturated/α-hetero) is 1. The van der Waals surface area contributed by atoms with Crippen LogP contribution in [0.25, 0.3) is 6.08 Å². The van der Waals surface area contributed by atoms with Crippen LogP contribution in [0.15, 0.2) is 60.8 Å². The minimum Gasteiger partial charge on any atom is -0.449 e. The Kier molecular flexibility index (Phi) is 4.75. The molecule has 0 aliphatic carbocycles. The Morgan fingerprint density at radius 3 is 2.50 bits per heavy atom. The molecular formula is C20H19NO3. The van der Waals surface area contributed by atoms with Crippen molar-refractivity contribution < 1.29 is 14.3 Å². The minimum atomic E-state index is -0.436. The van der Waals surface area contributed by atoms with Gasteiger partial charge in [0.25, 0.3) is 0 Å². The lowest BCUT2D eigenvalue weighted by Crippen LogP contribution is -2.34. The lowest BCUT2D eigenvalue weighted by molar-refractivity contribution is 0.0894. The molecule has 4 heteroatoms. The maximum atomic E-state index is 12.6. The summed E-state index contributed by atoms with van der Waals surface area (Å²) in [6.07, 6.45) is 3.34. The second kappa shape index (κ2) is 7.13. The Bertz CT molecular complexity index is 767. The zero-order valence-corrected chi connectivity index (χ0v) is 13.5. The first-order valence-electron chi connectivity index (χ1n) is 8.01. The highest BCUT2D eigenvalue weighted by molar-refractivity contribution is 5.97. The minimum absolute atomic E-state index is 0.00000142. The predicted molar refractivity (Wildman–Crippen MR) is 92.5 cm³/mol. The molecule has 0 aromatic heterocycles. The number of hydrogen-bond acceptors (Lipinski definition) is 3. The van der Waals surface area contributed by atoms with Crippen LogP contribution in [0.3, 0.4) is 0 Å². The topological polar surface area (TPSA) is 46.6 Å². The summed E-state index contributed by atoms with van der Waals surface area (Å²) in [5.74, 6) is 0.00000142. The van der Waals surface area contributed by atoms with Crippen molar-refractivity contribution in [3.05, 3.63) is 77.5 Å². The maximum Gasteiger partial charge on any atom is 0.414 e. The normalized spacial score (nSPS) is 15.7. The Labute approximate surface area is 141 Å². The van der Waals surface area contributed by atoms with Crippen LogP contribution in [0.5, 0.6) is 0 Å². The lowest BCUT2D eigenvalue weighted by Gasteiger charge is -2.32. The lowest BCUT2D eigenvalue weighted by atomic mass is 9.91. The Hall–Kier alpha value is -2.88. The van der Waals surface area contributed by atoms with E-state index in [9.17, 15) is 9.59 Å². The van der Waals surface area contributed by atoms with Gasteiger partial charge in [-0.3, -0.25) is 9.69 Å². The third-order valence-corrected chi connectivity index (χ3v) is 4.06. The molecule has 0 fully saturated rings. The van der Waals surface area contributed by atoms with E-state index in [4.69, 9.17) is 4.74 Å². The van der Waals surface area contributed by atoms with Gasteiger partial charge in [0.05, 0.1) is 12.6 Å². The summed E-state index contributed by atoms with van der Waals surface area (Å²) in [6.45, 7) is 2.06. The van der Waals surface area contributed by atoms with Gasteiger partial charge >= 0.3 is 6.09 Å². The molecule has 2 aromatic rings. The smallest absolute Gasteiger partial charge is 0.414 e. The molecule has 2 aromatic carbocycles. The number of nitrogens with zero attached hydrogens (tertiary/aromatic N) is 1. The van der Waals surface area contributed by atoms with Gasteiger partial charge in [-0.05, 0) is 24.1 Å². The first-order valence-corrected chi connectivity index (χ1v) is 8.01. The third kappa shape index (κ3) is 3.23. The number of hydrogen-bond donors (Lipinski definition) is 0. The highest BCUT2D eigenvalue weighted by Gasteiger charge is 2.30. The van der Waals surface area contributed by atoms with Gasteiger partial charge in [-0.15, -0.1) is 0 Å². The summed E-state index contributed by atoms with van der Waals surface area (Å²) in [5.41, 5.74) is 2.62. The molecule has 24 heavy (non-hydrogen) atoms. The fourth-order valence-electron chi connectivity index (χ4n) is 2.89. The molecule has 1 heterocycles. The SMILES string of the molecule is CCOC(=O)N1C=Cc2ccccc2C1CC(=O)c1ccccc1. The van der Waals surface area contributed by atoms with Gasteiger partial charge in [-0.2, -0.15) is 0 Å². The van der Waals surface area contributed by atoms with E-state index in [0.717, 1.165) is 11.1 Å². The first kappa shape index (κ1) is 16.0. The fourth-order valence-corrected chi connectivity index (χ4v) is 2.89. The van der Waals surface area contributed by atoms with Crippen molar-refractivity contribution in [2.75, 3.05) is 6.61 Å². The number of carbonyl (C=O) groups excluding carboxylic acids is 2. The van der Waals surface area contributed by atoms with Crippen molar-refractivity contribution in [3.63, 3.8) is 0 Å². The van der Waals surface area contributed by atoms with Gasteiger partial charge in [-0.25, -0.2) is 4.79 Å². The Balaban J connectivity index is 1.92. The quantitative estimate of drug-likeness (QED) is 0.782. The molecule has 1 atom stereocenters. The van der Waals surface area contributed by atoms with Crippen LogP contribution in [0.4, 0.5) is 4.79 Å². The van der Waals surface area contributed by atoms with Gasteiger partial charge < -0.3 is 4.74 Å². The molecular weight excluding hydrogens is 302 g/mol. The van der Waals surface area contributed by atoms with Crippen LogP contribution >= 0.6 is 0 Å². The van der Waals surface area contributed by atoms with Crippen molar-refractivity contribution >= 4 is 18.0 Å². The number of ketones is 1. The second-order valence-electron chi connectivity index (χ2n) is 5.56. The average Bonchev–Trinajstić information content (AvgIpc) is 2.63. The summed E-state index contributed by atoms with van der Waals surface area (Å²) < 4.78 is 5.14. The molecule has 0 N–H and O–H groups in total. The molecule has 1 aliphatic heterocycles. The molecule has 1 unspecified atom stereocenters. The number of amides is 1. The van der Waals surface area contributed by atoms with E-state index in [0.29, 0.717) is 12.2 Å². The van der Waals surface area contributed by atoms with Crippen LogP contribution in [-0.4, -0.2) is 23.4 Å². The van der Waals surface area contributed by atoms with Crippen LogP contribution < -0.4 is 0 Å².